The van der Waals surface area contributed by atoms with Crippen LogP contribution in [0.3, 0.4) is 0 Å². The van der Waals surface area contributed by atoms with Crippen molar-refractivity contribution in [1.82, 2.24) is 4.98 Å². The molecule has 0 bridgehead atoms. The molecule has 122 valence electrons. The molecule has 0 saturated heterocycles. The lowest BCUT2D eigenvalue weighted by Gasteiger charge is -2.27. The van der Waals surface area contributed by atoms with E-state index in [0.717, 1.165) is 30.5 Å². The Morgan fingerprint density at radius 1 is 1.39 bits per heavy atom. The van der Waals surface area contributed by atoms with Crippen molar-refractivity contribution in [1.29, 1.82) is 0 Å². The Hall–Kier alpha value is -1.83. The second-order valence-corrected chi connectivity index (χ2v) is 7.05. The predicted molar refractivity (Wildman–Crippen MR) is 97.5 cm³/mol. The number of pyridine rings is 1. The summed E-state index contributed by atoms with van der Waals surface area (Å²) in [6.45, 7) is 8.78. The molecule has 3 rings (SSSR count). The van der Waals surface area contributed by atoms with Crippen molar-refractivity contribution >= 4 is 10.9 Å². The van der Waals surface area contributed by atoms with E-state index in [1.165, 1.54) is 39.6 Å². The van der Waals surface area contributed by atoms with Gasteiger partial charge in [0.15, 0.2) is 0 Å². The molecule has 0 fully saturated rings. The van der Waals surface area contributed by atoms with E-state index in [1.54, 1.807) is 7.11 Å². The maximum absolute atomic E-state index is 5.70. The number of hydrogen-bond acceptors (Lipinski definition) is 2. The number of ether oxygens (including phenoxy) is 1. The summed E-state index contributed by atoms with van der Waals surface area (Å²) in [5.74, 6) is 1.57. The Labute approximate surface area is 139 Å². The molecule has 0 unspecified atom stereocenters. The molecule has 2 nitrogen and oxygen atoms in total. The second-order valence-electron chi connectivity index (χ2n) is 7.05. The lowest BCUT2D eigenvalue weighted by atomic mass is 9.80. The first-order valence-electron chi connectivity index (χ1n) is 8.64. The minimum Gasteiger partial charge on any atom is -0.496 e. The van der Waals surface area contributed by atoms with Crippen molar-refractivity contribution in [2.45, 2.75) is 59.3 Å². The molecule has 1 aromatic heterocycles. The van der Waals surface area contributed by atoms with E-state index in [1.807, 2.05) is 0 Å². The van der Waals surface area contributed by atoms with Crippen molar-refractivity contribution < 1.29 is 4.74 Å². The summed E-state index contributed by atoms with van der Waals surface area (Å²) >= 11 is 0. The van der Waals surface area contributed by atoms with E-state index in [2.05, 4.69) is 46.0 Å². The third-order valence-electron chi connectivity index (χ3n) is 5.04. The standard InChI is InChI=1S/C21H27NO/c1-13(2)7-6-8-16-12-22-21-15(4)11-18(23-5)19-14(3)9-10-17(16)20(19)21/h7,11-12,14H,6,8-10H2,1-5H3/t14-/m1/s1. The Morgan fingerprint density at radius 3 is 2.87 bits per heavy atom. The molecule has 0 radical (unpaired) electrons. The van der Waals surface area contributed by atoms with E-state index in [9.17, 15) is 0 Å². The van der Waals surface area contributed by atoms with Gasteiger partial charge >= 0.3 is 0 Å². The maximum Gasteiger partial charge on any atom is 0.123 e. The van der Waals surface area contributed by atoms with Crippen LogP contribution in [0.4, 0.5) is 0 Å². The van der Waals surface area contributed by atoms with Crippen LogP contribution in [0.25, 0.3) is 10.9 Å². The normalized spacial score (nSPS) is 16.5. The first-order valence-corrected chi connectivity index (χ1v) is 8.64. The largest absolute Gasteiger partial charge is 0.496 e. The van der Waals surface area contributed by atoms with Gasteiger partial charge in [-0.15, -0.1) is 0 Å². The number of nitrogens with zero attached hydrogens (tertiary/aromatic N) is 1. The number of hydrogen-bond donors (Lipinski definition) is 0. The molecule has 2 heteroatoms. The third kappa shape index (κ3) is 2.87. The number of allylic oxidation sites excluding steroid dienone is 2. The average molecular weight is 309 g/mol. The fourth-order valence-electron chi connectivity index (χ4n) is 3.82. The van der Waals surface area contributed by atoms with Crippen LogP contribution in [0, 0.1) is 6.92 Å². The smallest absolute Gasteiger partial charge is 0.123 e. The zero-order valence-electron chi connectivity index (χ0n) is 15.0. The Balaban J connectivity index is 2.18. The molecule has 1 aliphatic carbocycles. The summed E-state index contributed by atoms with van der Waals surface area (Å²) in [6, 6.07) is 2.15. The lowest BCUT2D eigenvalue weighted by molar-refractivity contribution is 0.405. The number of benzene rings is 1. The monoisotopic (exact) mass is 309 g/mol. The van der Waals surface area contributed by atoms with Crippen LogP contribution in [0.15, 0.2) is 23.9 Å². The van der Waals surface area contributed by atoms with Gasteiger partial charge in [0, 0.05) is 17.1 Å². The zero-order valence-corrected chi connectivity index (χ0v) is 15.0. The van der Waals surface area contributed by atoms with Gasteiger partial charge in [-0.05, 0) is 75.1 Å². The van der Waals surface area contributed by atoms with E-state index >= 15 is 0 Å². The Kier molecular flexibility index (Phi) is 4.43. The van der Waals surface area contributed by atoms with Crippen LogP contribution < -0.4 is 4.74 Å². The molecule has 0 aliphatic heterocycles. The minimum atomic E-state index is 0.537. The number of rotatable bonds is 4. The molecule has 1 heterocycles. The van der Waals surface area contributed by atoms with Gasteiger partial charge < -0.3 is 4.74 Å². The highest BCUT2D eigenvalue weighted by Crippen LogP contribution is 2.43. The van der Waals surface area contributed by atoms with Gasteiger partial charge in [0.1, 0.15) is 5.75 Å². The highest BCUT2D eigenvalue weighted by atomic mass is 16.5. The van der Waals surface area contributed by atoms with Gasteiger partial charge in [0.05, 0.1) is 12.6 Å². The van der Waals surface area contributed by atoms with Crippen LogP contribution in [0.5, 0.6) is 5.75 Å². The topological polar surface area (TPSA) is 22.1 Å². The molecule has 0 saturated carbocycles. The molecule has 2 aromatic rings. The summed E-state index contributed by atoms with van der Waals surface area (Å²) in [5.41, 5.74) is 8.05. The zero-order chi connectivity index (χ0) is 16.6. The quantitative estimate of drug-likeness (QED) is 0.696. The van der Waals surface area contributed by atoms with Crippen LogP contribution >= 0.6 is 0 Å². The summed E-state index contributed by atoms with van der Waals surface area (Å²) in [6.07, 6.45) is 8.95. The molecule has 0 amide bonds. The van der Waals surface area contributed by atoms with Gasteiger partial charge in [-0.3, -0.25) is 4.98 Å². The summed E-state index contributed by atoms with van der Waals surface area (Å²) < 4.78 is 5.70. The Morgan fingerprint density at radius 2 is 2.17 bits per heavy atom. The number of aromatic nitrogens is 1. The molecular formula is C21H27NO. The first kappa shape index (κ1) is 16.0. The van der Waals surface area contributed by atoms with Crippen LogP contribution in [-0.2, 0) is 12.8 Å². The highest BCUT2D eigenvalue weighted by Gasteiger charge is 2.25. The fraction of sp³-hybridized carbons (Fsp3) is 0.476. The molecule has 1 aromatic carbocycles. The van der Waals surface area contributed by atoms with E-state index in [0.29, 0.717) is 5.92 Å². The second kappa shape index (κ2) is 6.35. The lowest BCUT2D eigenvalue weighted by Crippen LogP contribution is -2.11. The SMILES string of the molecule is COc1cc(C)c2ncc(CCC=C(C)C)c3c2c1[C@H](C)CC3. The van der Waals surface area contributed by atoms with Crippen molar-refractivity contribution in [3.63, 3.8) is 0 Å². The summed E-state index contributed by atoms with van der Waals surface area (Å²) in [4.78, 5) is 4.82. The van der Waals surface area contributed by atoms with Gasteiger partial charge in [0.25, 0.3) is 0 Å². The number of methoxy groups -OCH3 is 1. The van der Waals surface area contributed by atoms with Crippen molar-refractivity contribution in [3.8, 4) is 5.75 Å². The van der Waals surface area contributed by atoms with Gasteiger partial charge in [-0.25, -0.2) is 0 Å². The molecule has 0 spiro atoms. The summed E-state index contributed by atoms with van der Waals surface area (Å²) in [7, 11) is 1.78. The molecule has 1 atom stereocenters. The van der Waals surface area contributed by atoms with Gasteiger partial charge in [-0.1, -0.05) is 18.6 Å². The Bertz CT molecular complexity index is 769. The van der Waals surface area contributed by atoms with E-state index < -0.39 is 0 Å². The number of aryl methyl sites for hydroxylation is 3. The fourth-order valence-corrected chi connectivity index (χ4v) is 3.82. The van der Waals surface area contributed by atoms with E-state index in [-0.39, 0.29) is 0 Å². The third-order valence-corrected chi connectivity index (χ3v) is 5.04. The van der Waals surface area contributed by atoms with E-state index in [4.69, 9.17) is 9.72 Å². The van der Waals surface area contributed by atoms with Crippen molar-refractivity contribution in [2.24, 2.45) is 0 Å². The van der Waals surface area contributed by atoms with Crippen LogP contribution in [-0.4, -0.2) is 12.1 Å². The minimum absolute atomic E-state index is 0.537. The van der Waals surface area contributed by atoms with Crippen molar-refractivity contribution in [2.75, 3.05) is 7.11 Å². The average Bonchev–Trinajstić information content (AvgIpc) is 2.52. The summed E-state index contributed by atoms with van der Waals surface area (Å²) in [5, 5.41) is 1.37. The van der Waals surface area contributed by atoms with Gasteiger partial charge in [-0.2, -0.15) is 0 Å². The molecule has 1 aliphatic rings. The van der Waals surface area contributed by atoms with Crippen molar-refractivity contribution in [3.05, 3.63) is 46.2 Å². The van der Waals surface area contributed by atoms with Crippen LogP contribution in [0.2, 0.25) is 0 Å². The molecular weight excluding hydrogens is 282 g/mol. The highest BCUT2D eigenvalue weighted by molar-refractivity contribution is 5.92. The van der Waals surface area contributed by atoms with Gasteiger partial charge in [0.2, 0.25) is 0 Å². The first-order chi connectivity index (χ1) is 11.0. The van der Waals surface area contributed by atoms with Crippen LogP contribution in [0.1, 0.15) is 61.8 Å². The molecule has 23 heavy (non-hydrogen) atoms. The maximum atomic E-state index is 5.70. The predicted octanol–water partition coefficient (Wildman–Crippen LogP) is 5.50. The molecule has 0 N–H and O–H groups in total.